The van der Waals surface area contributed by atoms with Gasteiger partial charge in [-0.2, -0.15) is 0 Å². The van der Waals surface area contributed by atoms with Gasteiger partial charge in [-0.3, -0.25) is 4.79 Å². The van der Waals surface area contributed by atoms with Gasteiger partial charge in [-0.25, -0.2) is 0 Å². The van der Waals surface area contributed by atoms with Gasteiger partial charge in [0.25, 0.3) is 5.56 Å². The molecule has 2 heterocycles. The van der Waals surface area contributed by atoms with Crippen LogP contribution in [-0.4, -0.2) is 18.8 Å². The van der Waals surface area contributed by atoms with Crippen LogP contribution in [0.15, 0.2) is 52.1 Å². The Morgan fingerprint density at radius 3 is 2.61 bits per heavy atom. The van der Waals surface area contributed by atoms with Crippen LogP contribution in [0.1, 0.15) is 23.4 Å². The molecular formula is C21H23ClN2O3S. The number of ether oxygens (including phenoxy) is 2. The number of pyridine rings is 1. The molecule has 1 N–H and O–H groups in total. The van der Waals surface area contributed by atoms with Crippen molar-refractivity contribution in [2.75, 3.05) is 14.2 Å². The predicted molar refractivity (Wildman–Crippen MR) is 116 cm³/mol. The molecular weight excluding hydrogens is 396 g/mol. The van der Waals surface area contributed by atoms with E-state index in [1.807, 2.05) is 23.6 Å². The number of nitrogens with zero attached hydrogens (tertiary/aromatic N) is 1. The SMILES string of the molecule is C=C(Cl)Cn1c(=O)c(CN[C@H](C)c2cccs2)cc2cc(OC)c(OC)cc21. The van der Waals surface area contributed by atoms with Crippen molar-refractivity contribution in [2.45, 2.75) is 26.1 Å². The minimum absolute atomic E-state index is 0.104. The van der Waals surface area contributed by atoms with Gasteiger partial charge in [0.1, 0.15) is 0 Å². The zero-order valence-electron chi connectivity index (χ0n) is 16.1. The van der Waals surface area contributed by atoms with E-state index in [1.54, 1.807) is 36.2 Å². The third kappa shape index (κ3) is 4.24. The number of allylic oxidation sites excluding steroid dienone is 1. The van der Waals surface area contributed by atoms with E-state index >= 15 is 0 Å². The van der Waals surface area contributed by atoms with Gasteiger partial charge in [0.05, 0.1) is 26.3 Å². The van der Waals surface area contributed by atoms with Crippen LogP contribution in [0, 0.1) is 0 Å². The lowest BCUT2D eigenvalue weighted by molar-refractivity contribution is 0.355. The van der Waals surface area contributed by atoms with Crippen LogP contribution in [0.25, 0.3) is 10.9 Å². The van der Waals surface area contributed by atoms with Gasteiger partial charge < -0.3 is 19.4 Å². The average molecular weight is 419 g/mol. The van der Waals surface area contributed by atoms with Crippen LogP contribution in [0.4, 0.5) is 0 Å². The Labute approximate surface area is 173 Å². The molecule has 0 saturated carbocycles. The van der Waals surface area contributed by atoms with Crippen LogP contribution in [0.3, 0.4) is 0 Å². The van der Waals surface area contributed by atoms with Crippen LogP contribution >= 0.6 is 22.9 Å². The maximum absolute atomic E-state index is 13.1. The van der Waals surface area contributed by atoms with Crippen LogP contribution in [-0.2, 0) is 13.1 Å². The molecule has 0 aliphatic carbocycles. The number of rotatable bonds is 8. The molecule has 0 radical (unpaired) electrons. The third-order valence-corrected chi connectivity index (χ3v) is 5.75. The highest BCUT2D eigenvalue weighted by atomic mass is 35.5. The Bertz CT molecular complexity index is 1040. The minimum Gasteiger partial charge on any atom is -0.493 e. The summed E-state index contributed by atoms with van der Waals surface area (Å²) in [7, 11) is 3.16. The number of hydrogen-bond acceptors (Lipinski definition) is 5. The number of benzene rings is 1. The van der Waals surface area contributed by atoms with Crippen molar-refractivity contribution in [1.29, 1.82) is 0 Å². The lowest BCUT2D eigenvalue weighted by atomic mass is 10.1. The molecule has 0 aliphatic heterocycles. The van der Waals surface area contributed by atoms with E-state index in [1.165, 1.54) is 4.88 Å². The van der Waals surface area contributed by atoms with E-state index < -0.39 is 0 Å². The van der Waals surface area contributed by atoms with Gasteiger partial charge in [0.2, 0.25) is 0 Å². The Balaban J connectivity index is 2.05. The summed E-state index contributed by atoms with van der Waals surface area (Å²) in [6.07, 6.45) is 0. The van der Waals surface area contributed by atoms with Crippen molar-refractivity contribution in [3.8, 4) is 11.5 Å². The highest BCUT2D eigenvalue weighted by molar-refractivity contribution is 7.10. The van der Waals surface area contributed by atoms with Crippen LogP contribution in [0.5, 0.6) is 11.5 Å². The number of nitrogens with one attached hydrogen (secondary N) is 1. The van der Waals surface area contributed by atoms with E-state index in [0.29, 0.717) is 28.6 Å². The fourth-order valence-corrected chi connectivity index (χ4v) is 4.00. The first-order valence-corrected chi connectivity index (χ1v) is 10.1. The molecule has 0 aliphatic rings. The van der Waals surface area contributed by atoms with Gasteiger partial charge in [-0.1, -0.05) is 24.2 Å². The van der Waals surface area contributed by atoms with Crippen LogP contribution in [0.2, 0.25) is 0 Å². The molecule has 1 aromatic carbocycles. The number of hydrogen-bond donors (Lipinski definition) is 1. The first-order chi connectivity index (χ1) is 13.4. The molecule has 0 saturated heterocycles. The molecule has 5 nitrogen and oxygen atoms in total. The summed E-state index contributed by atoms with van der Waals surface area (Å²) >= 11 is 7.73. The Kier molecular flexibility index (Phi) is 6.44. The molecule has 2 aromatic heterocycles. The van der Waals surface area contributed by atoms with E-state index in [0.717, 1.165) is 10.9 Å². The molecule has 0 spiro atoms. The summed E-state index contributed by atoms with van der Waals surface area (Å²) in [5.41, 5.74) is 1.27. The molecule has 3 rings (SSSR count). The second-order valence-electron chi connectivity index (χ2n) is 6.46. The van der Waals surface area contributed by atoms with Crippen molar-refractivity contribution < 1.29 is 9.47 Å². The van der Waals surface area contributed by atoms with Gasteiger partial charge in [0.15, 0.2) is 11.5 Å². The smallest absolute Gasteiger partial charge is 0.255 e. The molecule has 0 bridgehead atoms. The molecule has 28 heavy (non-hydrogen) atoms. The highest BCUT2D eigenvalue weighted by Gasteiger charge is 2.15. The van der Waals surface area contributed by atoms with E-state index in [2.05, 4.69) is 24.9 Å². The Hall–Kier alpha value is -2.28. The van der Waals surface area contributed by atoms with Crippen molar-refractivity contribution in [3.05, 3.63) is 68.1 Å². The summed E-state index contributed by atoms with van der Waals surface area (Å²) in [6, 6.07) is 9.80. The van der Waals surface area contributed by atoms with Gasteiger partial charge in [0, 0.05) is 39.5 Å². The molecule has 3 aromatic rings. The highest BCUT2D eigenvalue weighted by Crippen LogP contribution is 2.32. The van der Waals surface area contributed by atoms with Crippen molar-refractivity contribution in [1.82, 2.24) is 9.88 Å². The van der Waals surface area contributed by atoms with Crippen LogP contribution < -0.4 is 20.3 Å². The minimum atomic E-state index is -0.104. The van der Waals surface area contributed by atoms with Crippen molar-refractivity contribution in [2.24, 2.45) is 0 Å². The maximum Gasteiger partial charge on any atom is 0.255 e. The molecule has 0 amide bonds. The number of methoxy groups -OCH3 is 2. The van der Waals surface area contributed by atoms with E-state index in [-0.39, 0.29) is 18.1 Å². The van der Waals surface area contributed by atoms with Crippen molar-refractivity contribution in [3.63, 3.8) is 0 Å². The summed E-state index contributed by atoms with van der Waals surface area (Å²) in [6.45, 7) is 6.50. The summed E-state index contributed by atoms with van der Waals surface area (Å²) < 4.78 is 12.4. The fraction of sp³-hybridized carbons (Fsp3) is 0.286. The average Bonchev–Trinajstić information content (AvgIpc) is 3.22. The molecule has 0 fully saturated rings. The Morgan fingerprint density at radius 1 is 1.29 bits per heavy atom. The number of thiophene rings is 1. The Morgan fingerprint density at radius 2 is 2.00 bits per heavy atom. The third-order valence-electron chi connectivity index (χ3n) is 4.57. The van der Waals surface area contributed by atoms with Gasteiger partial charge in [-0.15, -0.1) is 11.3 Å². The summed E-state index contributed by atoms with van der Waals surface area (Å²) in [5.74, 6) is 1.16. The predicted octanol–water partition coefficient (Wildman–Crippen LogP) is 4.68. The molecule has 0 unspecified atom stereocenters. The fourth-order valence-electron chi connectivity index (χ4n) is 3.12. The zero-order valence-corrected chi connectivity index (χ0v) is 17.7. The quantitative estimate of drug-likeness (QED) is 0.577. The second kappa shape index (κ2) is 8.82. The molecule has 148 valence electrons. The van der Waals surface area contributed by atoms with Gasteiger partial charge >= 0.3 is 0 Å². The lowest BCUT2D eigenvalue weighted by Gasteiger charge is -2.17. The zero-order chi connectivity index (χ0) is 20.3. The maximum atomic E-state index is 13.1. The molecule has 1 atom stereocenters. The number of aromatic nitrogens is 1. The molecule has 7 heteroatoms. The number of fused-ring (bicyclic) bond motifs is 1. The monoisotopic (exact) mass is 418 g/mol. The van der Waals surface area contributed by atoms with E-state index in [4.69, 9.17) is 21.1 Å². The second-order valence-corrected chi connectivity index (χ2v) is 7.98. The topological polar surface area (TPSA) is 52.5 Å². The standard InChI is InChI=1S/C21H23ClN2O3S/c1-13(22)12-24-17-10-19(27-4)18(26-3)9-15(17)8-16(21(24)25)11-23-14(2)20-6-5-7-28-20/h5-10,14,23H,1,11-12H2,2-4H3/t14-/m1/s1. The van der Waals surface area contributed by atoms with E-state index in [9.17, 15) is 4.79 Å². The normalized spacial score (nSPS) is 12.1. The largest absolute Gasteiger partial charge is 0.493 e. The first kappa shape index (κ1) is 20.5. The lowest BCUT2D eigenvalue weighted by Crippen LogP contribution is -2.28. The van der Waals surface area contributed by atoms with Gasteiger partial charge in [-0.05, 0) is 30.5 Å². The first-order valence-electron chi connectivity index (χ1n) is 8.83. The summed E-state index contributed by atoms with van der Waals surface area (Å²) in [4.78, 5) is 14.3. The summed E-state index contributed by atoms with van der Waals surface area (Å²) in [5, 5.41) is 6.72. The number of halogens is 1. The van der Waals surface area contributed by atoms with Crippen molar-refractivity contribution >= 4 is 33.8 Å².